The first-order valence-electron chi connectivity index (χ1n) is 8.77. The first-order chi connectivity index (χ1) is 12.4. The number of nitrogens with one attached hydrogen (secondary N) is 2. The topological polar surface area (TPSA) is 80.2 Å². The van der Waals surface area contributed by atoms with Crippen molar-refractivity contribution in [1.29, 1.82) is 0 Å². The van der Waals surface area contributed by atoms with Crippen LogP contribution in [0.15, 0.2) is 41.3 Å². The molecule has 0 unspecified atom stereocenters. The molecule has 1 aliphatic carbocycles. The van der Waals surface area contributed by atoms with E-state index < -0.39 is 11.5 Å². The first kappa shape index (κ1) is 17.9. The molecular weight excluding hydrogens is 330 g/mol. The predicted octanol–water partition coefficient (Wildman–Crippen LogP) is 2.02. The molecule has 1 heterocycles. The lowest BCUT2D eigenvalue weighted by atomic mass is 10.0. The molecule has 1 fully saturated rings. The van der Waals surface area contributed by atoms with Crippen LogP contribution in [0.3, 0.4) is 0 Å². The van der Waals surface area contributed by atoms with E-state index >= 15 is 0 Å². The Kier molecular flexibility index (Phi) is 4.93. The second-order valence-electron chi connectivity index (χ2n) is 6.71. The number of hydrogen-bond acceptors (Lipinski definition) is 3. The van der Waals surface area contributed by atoms with E-state index in [1.54, 1.807) is 6.20 Å². The van der Waals surface area contributed by atoms with Crippen molar-refractivity contribution < 1.29 is 9.59 Å². The van der Waals surface area contributed by atoms with Crippen LogP contribution in [0.2, 0.25) is 0 Å². The molecule has 0 spiro atoms. The summed E-state index contributed by atoms with van der Waals surface area (Å²) in [5.41, 5.74) is 1.88. The van der Waals surface area contributed by atoms with Gasteiger partial charge in [-0.1, -0.05) is 24.3 Å². The molecule has 0 aliphatic heterocycles. The number of rotatable bonds is 5. The maximum absolute atomic E-state index is 12.9. The second kappa shape index (κ2) is 7.15. The van der Waals surface area contributed by atoms with E-state index in [2.05, 4.69) is 10.6 Å². The molecule has 0 bridgehead atoms. The van der Waals surface area contributed by atoms with Crippen LogP contribution < -0.4 is 16.2 Å². The fourth-order valence-corrected chi connectivity index (χ4v) is 3.01. The van der Waals surface area contributed by atoms with Gasteiger partial charge in [0.1, 0.15) is 5.56 Å². The minimum atomic E-state index is -0.498. The van der Waals surface area contributed by atoms with Crippen molar-refractivity contribution in [3.63, 3.8) is 0 Å². The van der Waals surface area contributed by atoms with E-state index in [4.69, 9.17) is 0 Å². The number of carbonyl (C=O) groups is 2. The fraction of sp³-hybridized carbons (Fsp3) is 0.350. The number of amides is 2. The molecule has 0 radical (unpaired) electrons. The zero-order valence-corrected chi connectivity index (χ0v) is 15.2. The van der Waals surface area contributed by atoms with Gasteiger partial charge in [-0.3, -0.25) is 14.4 Å². The summed E-state index contributed by atoms with van der Waals surface area (Å²) < 4.78 is 1.47. The van der Waals surface area contributed by atoms with Crippen molar-refractivity contribution in [2.75, 3.05) is 7.05 Å². The lowest BCUT2D eigenvalue weighted by molar-refractivity contribution is 0.0950. The van der Waals surface area contributed by atoms with Crippen LogP contribution in [0.5, 0.6) is 0 Å². The average molecular weight is 353 g/mol. The zero-order valence-electron chi connectivity index (χ0n) is 15.2. The largest absolute Gasteiger partial charge is 0.355 e. The van der Waals surface area contributed by atoms with E-state index in [9.17, 15) is 14.4 Å². The van der Waals surface area contributed by atoms with Gasteiger partial charge < -0.3 is 15.2 Å². The van der Waals surface area contributed by atoms with Gasteiger partial charge >= 0.3 is 0 Å². The van der Waals surface area contributed by atoms with Gasteiger partial charge in [0.25, 0.3) is 17.4 Å². The molecule has 6 nitrogen and oxygen atoms in total. The highest BCUT2D eigenvalue weighted by atomic mass is 16.2. The molecule has 1 aliphatic rings. The van der Waals surface area contributed by atoms with Crippen LogP contribution >= 0.6 is 0 Å². The molecule has 1 saturated carbocycles. The maximum Gasteiger partial charge on any atom is 0.264 e. The summed E-state index contributed by atoms with van der Waals surface area (Å²) in [6.07, 6.45) is 3.48. The normalized spacial score (nSPS) is 14.6. The Morgan fingerprint density at radius 3 is 2.50 bits per heavy atom. The summed E-state index contributed by atoms with van der Waals surface area (Å²) in [7, 11) is 1.47. The lowest BCUT2D eigenvalue weighted by Gasteiger charge is -2.20. The second-order valence-corrected chi connectivity index (χ2v) is 6.71. The van der Waals surface area contributed by atoms with Crippen molar-refractivity contribution in [2.45, 2.75) is 38.8 Å². The molecule has 0 saturated heterocycles. The zero-order chi connectivity index (χ0) is 18.8. The number of aromatic nitrogens is 1. The van der Waals surface area contributed by atoms with Crippen molar-refractivity contribution in [2.24, 2.45) is 0 Å². The number of aryl methyl sites for hydroxylation is 1. The van der Waals surface area contributed by atoms with Gasteiger partial charge in [0.15, 0.2) is 0 Å². The summed E-state index contributed by atoms with van der Waals surface area (Å²) in [6, 6.07) is 9.03. The van der Waals surface area contributed by atoms with Gasteiger partial charge in [0, 0.05) is 19.3 Å². The van der Waals surface area contributed by atoms with Gasteiger partial charge in [-0.15, -0.1) is 0 Å². The highest BCUT2D eigenvalue weighted by Crippen LogP contribution is 2.22. The van der Waals surface area contributed by atoms with E-state index in [-0.39, 0.29) is 23.6 Å². The van der Waals surface area contributed by atoms with E-state index in [1.165, 1.54) is 17.7 Å². The summed E-state index contributed by atoms with van der Waals surface area (Å²) in [5.74, 6) is -0.759. The summed E-state index contributed by atoms with van der Waals surface area (Å²) >= 11 is 0. The van der Waals surface area contributed by atoms with Crippen LogP contribution in [0.25, 0.3) is 0 Å². The minimum absolute atomic E-state index is 0.0311. The molecule has 1 aromatic carbocycles. The molecule has 26 heavy (non-hydrogen) atoms. The molecule has 2 aromatic rings. The van der Waals surface area contributed by atoms with Gasteiger partial charge in [0.2, 0.25) is 0 Å². The molecule has 6 heteroatoms. The van der Waals surface area contributed by atoms with Crippen molar-refractivity contribution >= 4 is 11.8 Å². The van der Waals surface area contributed by atoms with Crippen LogP contribution in [-0.2, 0) is 0 Å². The van der Waals surface area contributed by atoms with Crippen molar-refractivity contribution in [3.8, 4) is 0 Å². The Hall–Kier alpha value is -2.89. The monoisotopic (exact) mass is 353 g/mol. The van der Waals surface area contributed by atoms with Crippen molar-refractivity contribution in [1.82, 2.24) is 15.2 Å². The highest BCUT2D eigenvalue weighted by molar-refractivity contribution is 5.99. The van der Waals surface area contributed by atoms with E-state index in [0.29, 0.717) is 5.56 Å². The van der Waals surface area contributed by atoms with E-state index in [0.717, 1.165) is 24.0 Å². The third-order valence-corrected chi connectivity index (χ3v) is 4.75. The SMILES string of the molecule is CNC(=O)c1cc(C(=O)NC2CC2)cn([C@H](C)c2ccccc2C)c1=O. The third kappa shape index (κ3) is 3.54. The maximum atomic E-state index is 12.9. The van der Waals surface area contributed by atoms with Crippen LogP contribution in [0, 0.1) is 6.92 Å². The number of nitrogens with zero attached hydrogens (tertiary/aromatic N) is 1. The Balaban J connectivity index is 2.10. The molecule has 1 aromatic heterocycles. The molecule has 2 N–H and O–H groups in total. The quantitative estimate of drug-likeness (QED) is 0.863. The Morgan fingerprint density at radius 1 is 1.19 bits per heavy atom. The minimum Gasteiger partial charge on any atom is -0.355 e. The summed E-state index contributed by atoms with van der Waals surface area (Å²) in [5, 5.41) is 5.38. The first-order valence-corrected chi connectivity index (χ1v) is 8.77. The molecule has 3 rings (SSSR count). The smallest absolute Gasteiger partial charge is 0.264 e. The van der Waals surface area contributed by atoms with Crippen LogP contribution in [-0.4, -0.2) is 29.5 Å². The summed E-state index contributed by atoms with van der Waals surface area (Å²) in [4.78, 5) is 37.5. The van der Waals surface area contributed by atoms with Gasteiger partial charge in [0.05, 0.1) is 11.6 Å². The van der Waals surface area contributed by atoms with E-state index in [1.807, 2.05) is 38.1 Å². The summed E-state index contributed by atoms with van der Waals surface area (Å²) in [6.45, 7) is 3.86. The standard InChI is InChI=1S/C20H23N3O3/c1-12-6-4-5-7-16(12)13(2)23-11-14(18(24)22-15-8-9-15)10-17(20(23)26)19(25)21-3/h4-7,10-11,13,15H,8-9H2,1-3H3,(H,21,25)(H,22,24)/t13-/m1/s1. The van der Waals surface area contributed by atoms with Gasteiger partial charge in [-0.25, -0.2) is 0 Å². The number of pyridine rings is 1. The number of carbonyl (C=O) groups excluding carboxylic acids is 2. The molecule has 1 atom stereocenters. The van der Waals surface area contributed by atoms with Crippen LogP contribution in [0.4, 0.5) is 0 Å². The number of benzene rings is 1. The van der Waals surface area contributed by atoms with Crippen LogP contribution in [0.1, 0.15) is 57.7 Å². The van der Waals surface area contributed by atoms with Gasteiger partial charge in [-0.2, -0.15) is 0 Å². The van der Waals surface area contributed by atoms with Crippen molar-refractivity contribution in [3.05, 3.63) is 69.1 Å². The lowest BCUT2D eigenvalue weighted by Crippen LogP contribution is -2.35. The van der Waals surface area contributed by atoms with Gasteiger partial charge in [-0.05, 0) is 43.9 Å². The highest BCUT2D eigenvalue weighted by Gasteiger charge is 2.26. The molecule has 136 valence electrons. The Labute approximate surface area is 152 Å². The fourth-order valence-electron chi connectivity index (χ4n) is 3.01. The number of hydrogen-bond donors (Lipinski definition) is 2. The molecular formula is C20H23N3O3. The Bertz CT molecular complexity index is 913. The Morgan fingerprint density at radius 2 is 1.88 bits per heavy atom. The molecule has 2 amide bonds. The third-order valence-electron chi connectivity index (χ3n) is 4.75. The average Bonchev–Trinajstić information content (AvgIpc) is 3.45. The predicted molar refractivity (Wildman–Crippen MR) is 99.6 cm³/mol.